The van der Waals surface area contributed by atoms with E-state index < -0.39 is 0 Å². The Morgan fingerprint density at radius 1 is 0.600 bits per heavy atom. The lowest BCUT2D eigenvalue weighted by molar-refractivity contribution is 0.0881. The van der Waals surface area contributed by atoms with Crippen molar-refractivity contribution in [2.24, 2.45) is 0 Å². The van der Waals surface area contributed by atoms with Gasteiger partial charge in [-0.25, -0.2) is 0 Å². The van der Waals surface area contributed by atoms with Crippen LogP contribution in [0.5, 0.6) is 11.5 Å². The molecule has 1 saturated carbocycles. The van der Waals surface area contributed by atoms with Gasteiger partial charge in [0, 0.05) is 55.9 Å². The smallest absolute Gasteiger partial charge is 0.142 e. The first-order chi connectivity index (χ1) is 19.7. The molecule has 1 aliphatic carbocycles. The van der Waals surface area contributed by atoms with E-state index in [2.05, 4.69) is 46.2 Å². The van der Waals surface area contributed by atoms with Gasteiger partial charge in [0.15, 0.2) is 0 Å². The molecule has 0 aromatic heterocycles. The fourth-order valence-corrected chi connectivity index (χ4v) is 7.01. The molecule has 0 radical (unpaired) electrons. The summed E-state index contributed by atoms with van der Waals surface area (Å²) in [6, 6.07) is 14.0. The summed E-state index contributed by atoms with van der Waals surface area (Å²) in [6.07, 6.45) is 15.8. The fourth-order valence-electron chi connectivity index (χ4n) is 7.01. The quantitative estimate of drug-likeness (QED) is 0.400. The Kier molecular flexibility index (Phi) is 10.8. The molecule has 3 aliphatic rings. The molecule has 0 atom stereocenters. The lowest BCUT2D eigenvalue weighted by atomic mass is 9.67. The summed E-state index contributed by atoms with van der Waals surface area (Å²) in [4.78, 5) is 4.60. The average molecular weight is 551 g/mol. The van der Waals surface area contributed by atoms with Crippen molar-refractivity contribution in [3.8, 4) is 11.5 Å². The monoisotopic (exact) mass is 550 g/mol. The molecule has 5 rings (SSSR count). The van der Waals surface area contributed by atoms with Gasteiger partial charge < -0.3 is 19.7 Å². The minimum Gasteiger partial charge on any atom is -0.478 e. The van der Waals surface area contributed by atoms with Gasteiger partial charge in [-0.05, 0) is 61.1 Å². The van der Waals surface area contributed by atoms with Crippen molar-refractivity contribution in [1.29, 1.82) is 0 Å². The number of rotatable bonds is 8. The van der Waals surface area contributed by atoms with E-state index in [1.165, 1.54) is 80.0 Å². The van der Waals surface area contributed by atoms with Crippen LogP contribution in [0.15, 0.2) is 36.4 Å². The molecular formula is C34H50N2O4. The summed E-state index contributed by atoms with van der Waals surface area (Å²) >= 11 is 0. The molecule has 2 N–H and O–H groups in total. The number of fused-ring (bicyclic) bond motifs is 2. The molecule has 2 aromatic carbocycles. The minimum atomic E-state index is -0.0377. The van der Waals surface area contributed by atoms with Gasteiger partial charge in [0.05, 0.1) is 0 Å². The summed E-state index contributed by atoms with van der Waals surface area (Å²) in [5, 5.41) is 18.7. The maximum atomic E-state index is 9.35. The molecule has 6 nitrogen and oxygen atoms in total. The lowest BCUT2D eigenvalue weighted by Gasteiger charge is -2.39. The van der Waals surface area contributed by atoms with E-state index in [-0.39, 0.29) is 18.6 Å². The Labute approximate surface area is 241 Å². The van der Waals surface area contributed by atoms with Crippen LogP contribution in [0.2, 0.25) is 0 Å². The normalized spacial score (nSPS) is 20.8. The third-order valence-corrected chi connectivity index (χ3v) is 9.29. The van der Waals surface area contributed by atoms with Crippen LogP contribution in [0.3, 0.4) is 0 Å². The van der Waals surface area contributed by atoms with Crippen molar-refractivity contribution < 1.29 is 19.7 Å². The number of benzene rings is 2. The van der Waals surface area contributed by atoms with Gasteiger partial charge in [0.25, 0.3) is 0 Å². The van der Waals surface area contributed by atoms with Gasteiger partial charge >= 0.3 is 0 Å². The summed E-state index contributed by atoms with van der Waals surface area (Å²) in [5.74, 6) is 2.01. The van der Waals surface area contributed by atoms with Crippen LogP contribution in [0.4, 0.5) is 0 Å². The van der Waals surface area contributed by atoms with E-state index in [0.29, 0.717) is 13.5 Å². The van der Waals surface area contributed by atoms with Crippen LogP contribution in [0.25, 0.3) is 0 Å². The summed E-state index contributed by atoms with van der Waals surface area (Å²) in [6.45, 7) is 5.06. The first-order valence-corrected chi connectivity index (χ1v) is 15.9. The first kappa shape index (κ1) is 29.4. The number of hydrogen-bond donors (Lipinski definition) is 2. The van der Waals surface area contributed by atoms with E-state index in [1.54, 1.807) is 0 Å². The highest BCUT2D eigenvalue weighted by atomic mass is 16.5. The molecule has 1 fully saturated rings. The molecular weight excluding hydrogens is 500 g/mol. The summed E-state index contributed by atoms with van der Waals surface area (Å²) < 4.78 is 12.3. The topological polar surface area (TPSA) is 65.4 Å². The predicted molar refractivity (Wildman–Crippen MR) is 160 cm³/mol. The van der Waals surface area contributed by atoms with Gasteiger partial charge in [0.2, 0.25) is 0 Å². The highest BCUT2D eigenvalue weighted by molar-refractivity contribution is 5.49. The van der Waals surface area contributed by atoms with Crippen LogP contribution in [-0.4, -0.2) is 59.8 Å². The Morgan fingerprint density at radius 2 is 1.02 bits per heavy atom. The second-order valence-electron chi connectivity index (χ2n) is 12.2. The van der Waals surface area contributed by atoms with E-state index in [1.807, 2.05) is 0 Å². The second-order valence-corrected chi connectivity index (χ2v) is 12.2. The summed E-state index contributed by atoms with van der Waals surface area (Å²) in [7, 11) is 0. The molecule has 40 heavy (non-hydrogen) atoms. The number of ether oxygens (including phenoxy) is 2. The first-order valence-electron chi connectivity index (χ1n) is 15.9. The van der Waals surface area contributed by atoms with Gasteiger partial charge in [-0.2, -0.15) is 0 Å². The maximum absolute atomic E-state index is 9.35. The molecule has 2 heterocycles. The average Bonchev–Trinajstić information content (AvgIpc) is 2.98. The van der Waals surface area contributed by atoms with Crippen molar-refractivity contribution in [2.75, 3.05) is 39.8 Å². The molecule has 2 aromatic rings. The SMILES string of the molecule is OCCCN1COc2ccc(C3(c4ccc5c(c4)CN(CCCO)CO5)CCCCCCCCCCC3)cc2C1. The number of aliphatic hydroxyl groups excluding tert-OH is 2. The molecule has 2 aliphatic heterocycles. The molecule has 0 unspecified atom stereocenters. The van der Waals surface area contributed by atoms with Crippen molar-refractivity contribution >= 4 is 0 Å². The second kappa shape index (κ2) is 14.7. The Balaban J connectivity index is 1.50. The van der Waals surface area contributed by atoms with Crippen LogP contribution in [-0.2, 0) is 18.5 Å². The van der Waals surface area contributed by atoms with E-state index in [0.717, 1.165) is 63.4 Å². The molecule has 0 bridgehead atoms. The predicted octanol–water partition coefficient (Wildman–Crippen LogP) is 6.35. The van der Waals surface area contributed by atoms with E-state index >= 15 is 0 Å². The highest BCUT2D eigenvalue weighted by Gasteiger charge is 2.35. The Bertz CT molecular complexity index is 990. The Morgan fingerprint density at radius 3 is 1.45 bits per heavy atom. The zero-order valence-corrected chi connectivity index (χ0v) is 24.4. The van der Waals surface area contributed by atoms with Crippen molar-refractivity contribution in [1.82, 2.24) is 9.80 Å². The van der Waals surface area contributed by atoms with Crippen LogP contribution in [0.1, 0.15) is 106 Å². The lowest BCUT2D eigenvalue weighted by Crippen LogP contribution is -2.35. The highest BCUT2D eigenvalue weighted by Crippen LogP contribution is 2.45. The van der Waals surface area contributed by atoms with Gasteiger partial charge in [-0.3, -0.25) is 9.80 Å². The number of hydrogen-bond acceptors (Lipinski definition) is 6. The van der Waals surface area contributed by atoms with Gasteiger partial charge in [-0.15, -0.1) is 0 Å². The molecule has 0 spiro atoms. The Hall–Kier alpha value is -2.12. The number of aliphatic hydroxyl groups is 2. The van der Waals surface area contributed by atoms with Crippen LogP contribution < -0.4 is 9.47 Å². The number of nitrogens with zero attached hydrogens (tertiary/aromatic N) is 2. The van der Waals surface area contributed by atoms with Crippen LogP contribution >= 0.6 is 0 Å². The third kappa shape index (κ3) is 7.20. The van der Waals surface area contributed by atoms with Crippen molar-refractivity contribution in [2.45, 2.75) is 102 Å². The largest absolute Gasteiger partial charge is 0.478 e. The fraction of sp³-hybridized carbons (Fsp3) is 0.647. The zero-order valence-electron chi connectivity index (χ0n) is 24.4. The van der Waals surface area contributed by atoms with E-state index in [9.17, 15) is 10.2 Å². The molecule has 220 valence electrons. The third-order valence-electron chi connectivity index (χ3n) is 9.29. The zero-order chi connectivity index (χ0) is 27.6. The van der Waals surface area contributed by atoms with Gasteiger partial charge in [0.1, 0.15) is 25.0 Å². The standard InChI is InChI=1S/C34H50N2O4/c37-20-10-18-35-24-28-22-30(12-14-32(28)39-26-35)34(16-8-6-4-2-1-3-5-7-9-17-34)31-13-15-33-29(23-31)25-36(27-40-33)19-11-21-38/h12-15,22-23,37-38H,1-11,16-21,24-27H2. The van der Waals surface area contributed by atoms with E-state index in [4.69, 9.17) is 9.47 Å². The molecule has 0 amide bonds. The van der Waals surface area contributed by atoms with Crippen molar-refractivity contribution in [3.63, 3.8) is 0 Å². The molecule has 6 heteroatoms. The maximum Gasteiger partial charge on any atom is 0.142 e. The summed E-state index contributed by atoms with van der Waals surface area (Å²) in [5.41, 5.74) is 5.34. The van der Waals surface area contributed by atoms with Crippen LogP contribution in [0, 0.1) is 0 Å². The van der Waals surface area contributed by atoms with Crippen molar-refractivity contribution in [3.05, 3.63) is 58.7 Å². The minimum absolute atomic E-state index is 0.0377. The van der Waals surface area contributed by atoms with Gasteiger partial charge in [-0.1, -0.05) is 69.9 Å². The molecule has 0 saturated heterocycles.